The summed E-state index contributed by atoms with van der Waals surface area (Å²) in [6, 6.07) is 13.8. The van der Waals surface area contributed by atoms with Gasteiger partial charge < -0.3 is 5.32 Å². The third-order valence-corrected chi connectivity index (χ3v) is 4.96. The predicted molar refractivity (Wildman–Crippen MR) is 103 cm³/mol. The minimum Gasteiger partial charge on any atom is -0.367 e. The minimum atomic E-state index is 0.281. The molecule has 2 heteroatoms. The molecule has 0 saturated heterocycles. The number of aliphatic imine (C=N–C) groups is 1. The molecular weight excluding hydrogens is 292 g/mol. The summed E-state index contributed by atoms with van der Waals surface area (Å²) in [6.45, 7) is 9.75. The molecule has 1 N–H and O–H groups in total. The zero-order chi connectivity index (χ0) is 17.1. The lowest BCUT2D eigenvalue weighted by atomic mass is 9.92. The van der Waals surface area contributed by atoms with Gasteiger partial charge in [-0.15, -0.1) is 0 Å². The molecule has 0 amide bonds. The van der Waals surface area contributed by atoms with Gasteiger partial charge in [0.05, 0.1) is 11.9 Å². The van der Waals surface area contributed by atoms with E-state index in [9.17, 15) is 0 Å². The summed E-state index contributed by atoms with van der Waals surface area (Å²) in [5, 5.41) is 3.74. The second kappa shape index (κ2) is 7.21. The van der Waals surface area contributed by atoms with E-state index in [2.05, 4.69) is 74.4 Å². The van der Waals surface area contributed by atoms with Gasteiger partial charge in [0.1, 0.15) is 0 Å². The standard InChI is InChI=1S/C22H28N2/c1-15-11-16(2)13-19(12-15)14-21(24-22-9-6-10-23-22)20-8-5-7-17(3)18(20)4/h5,7-8,11-13,21H,6,9-10,14H2,1-4H3,(H,23,24). The number of aryl methyl sites for hydroxylation is 3. The highest BCUT2D eigenvalue weighted by molar-refractivity contribution is 5.84. The van der Waals surface area contributed by atoms with Crippen LogP contribution in [0.15, 0.2) is 41.4 Å². The molecule has 0 saturated carbocycles. The van der Waals surface area contributed by atoms with Gasteiger partial charge in [-0.05, 0) is 62.8 Å². The average molecular weight is 320 g/mol. The van der Waals surface area contributed by atoms with Gasteiger partial charge in [0.2, 0.25) is 0 Å². The van der Waals surface area contributed by atoms with Crippen molar-refractivity contribution in [2.45, 2.75) is 53.0 Å². The molecule has 0 fully saturated rings. The first kappa shape index (κ1) is 16.8. The smallest absolute Gasteiger partial charge is 0.0968 e. The molecule has 1 unspecified atom stereocenters. The number of hydrogen-bond acceptors (Lipinski definition) is 2. The van der Waals surface area contributed by atoms with Crippen molar-refractivity contribution in [3.05, 3.63) is 69.8 Å². The summed E-state index contributed by atoms with van der Waals surface area (Å²) >= 11 is 0. The molecular formula is C22H28N2. The van der Waals surface area contributed by atoms with E-state index in [1.54, 1.807) is 0 Å². The van der Waals surface area contributed by atoms with Gasteiger partial charge in [-0.2, -0.15) is 0 Å². The van der Waals surface area contributed by atoms with Gasteiger partial charge in [0.25, 0.3) is 0 Å². The van der Waals surface area contributed by atoms with Gasteiger partial charge in [-0.25, -0.2) is 0 Å². The molecule has 0 radical (unpaired) electrons. The maximum atomic E-state index is 4.64. The Hall–Kier alpha value is -2.09. The molecule has 0 aliphatic carbocycles. The fourth-order valence-electron chi connectivity index (χ4n) is 3.67. The van der Waals surface area contributed by atoms with Crippen molar-refractivity contribution in [1.29, 1.82) is 0 Å². The quantitative estimate of drug-likeness (QED) is 0.843. The van der Waals surface area contributed by atoms with Crippen molar-refractivity contribution in [3.8, 4) is 0 Å². The predicted octanol–water partition coefficient (Wildman–Crippen LogP) is 4.99. The summed E-state index contributed by atoms with van der Waals surface area (Å²) in [6.07, 6.45) is 3.24. The monoisotopic (exact) mass is 320 g/mol. The Morgan fingerprint density at radius 3 is 2.46 bits per heavy atom. The van der Waals surface area contributed by atoms with Crippen LogP contribution in [0.2, 0.25) is 0 Å². The maximum Gasteiger partial charge on any atom is 0.0968 e. The molecule has 3 rings (SSSR count). The molecule has 0 bridgehead atoms. The highest BCUT2D eigenvalue weighted by atomic mass is 15.0. The van der Waals surface area contributed by atoms with E-state index < -0.39 is 0 Å². The fourth-order valence-corrected chi connectivity index (χ4v) is 3.67. The number of rotatable bonds is 4. The Morgan fingerprint density at radius 1 is 1.04 bits per heavy atom. The van der Waals surface area contributed by atoms with Crippen LogP contribution in [0.1, 0.15) is 52.3 Å². The van der Waals surface area contributed by atoms with Gasteiger partial charge in [-0.1, -0.05) is 47.5 Å². The highest BCUT2D eigenvalue weighted by Gasteiger charge is 2.18. The summed E-state index contributed by atoms with van der Waals surface area (Å²) in [5.41, 5.74) is 8.20. The molecule has 1 aliphatic rings. The summed E-state index contributed by atoms with van der Waals surface area (Å²) < 4.78 is 0. The number of hydrogen-bond donors (Lipinski definition) is 1. The van der Waals surface area contributed by atoms with Gasteiger partial charge in [0, 0.05) is 13.0 Å². The van der Waals surface area contributed by atoms with Crippen LogP contribution in [0, 0.1) is 27.7 Å². The number of nitrogens with one attached hydrogen (secondary N) is 1. The molecule has 1 atom stereocenters. The molecule has 0 spiro atoms. The fraction of sp³-hybridized carbons (Fsp3) is 0.409. The lowest BCUT2D eigenvalue weighted by molar-refractivity contribution is 0.633. The molecule has 126 valence electrons. The van der Waals surface area contributed by atoms with Crippen molar-refractivity contribution in [2.75, 3.05) is 6.54 Å². The van der Waals surface area contributed by atoms with Crippen molar-refractivity contribution >= 4 is 5.84 Å². The zero-order valence-electron chi connectivity index (χ0n) is 15.3. The first-order valence-electron chi connectivity index (χ1n) is 8.96. The Labute approximate surface area is 146 Å². The van der Waals surface area contributed by atoms with Crippen molar-refractivity contribution in [2.24, 2.45) is 4.99 Å². The Morgan fingerprint density at radius 2 is 1.79 bits per heavy atom. The number of amidine groups is 1. The third kappa shape index (κ3) is 3.87. The molecule has 2 aromatic carbocycles. The van der Waals surface area contributed by atoms with Crippen LogP contribution in [-0.2, 0) is 6.42 Å². The largest absolute Gasteiger partial charge is 0.367 e. The first-order valence-corrected chi connectivity index (χ1v) is 8.96. The van der Waals surface area contributed by atoms with E-state index in [1.165, 1.54) is 45.6 Å². The molecule has 0 aromatic heterocycles. The van der Waals surface area contributed by atoms with E-state index in [-0.39, 0.29) is 6.04 Å². The minimum absolute atomic E-state index is 0.281. The van der Waals surface area contributed by atoms with E-state index in [0.717, 1.165) is 19.4 Å². The van der Waals surface area contributed by atoms with Crippen LogP contribution >= 0.6 is 0 Å². The van der Waals surface area contributed by atoms with Crippen LogP contribution in [0.25, 0.3) is 0 Å². The lowest BCUT2D eigenvalue weighted by Crippen LogP contribution is -2.29. The van der Waals surface area contributed by atoms with Crippen LogP contribution < -0.4 is 5.32 Å². The average Bonchev–Trinajstić information content (AvgIpc) is 3.01. The summed E-state index contributed by atoms with van der Waals surface area (Å²) in [4.78, 5) is 4.64. The molecule has 24 heavy (non-hydrogen) atoms. The van der Waals surface area contributed by atoms with Crippen LogP contribution in [0.4, 0.5) is 0 Å². The highest BCUT2D eigenvalue weighted by Crippen LogP contribution is 2.25. The van der Waals surface area contributed by atoms with Crippen LogP contribution in [0.5, 0.6) is 0 Å². The van der Waals surface area contributed by atoms with Gasteiger partial charge in [-0.3, -0.25) is 4.99 Å². The third-order valence-electron chi connectivity index (χ3n) is 4.96. The van der Waals surface area contributed by atoms with Crippen LogP contribution in [0.3, 0.4) is 0 Å². The molecule has 2 aromatic rings. The normalized spacial score (nSPS) is 15.2. The lowest BCUT2D eigenvalue weighted by Gasteiger charge is -2.23. The number of nitrogens with zero attached hydrogens (tertiary/aromatic N) is 1. The van der Waals surface area contributed by atoms with Crippen LogP contribution in [-0.4, -0.2) is 12.4 Å². The summed E-state index contributed by atoms with van der Waals surface area (Å²) in [5.74, 6) is 1.17. The molecule has 1 heterocycles. The Kier molecular flexibility index (Phi) is 5.03. The van der Waals surface area contributed by atoms with E-state index in [0.29, 0.717) is 0 Å². The van der Waals surface area contributed by atoms with Crippen molar-refractivity contribution < 1.29 is 0 Å². The first-order chi connectivity index (χ1) is 11.5. The van der Waals surface area contributed by atoms with Crippen molar-refractivity contribution in [1.82, 2.24) is 5.32 Å². The van der Waals surface area contributed by atoms with Gasteiger partial charge in [0.15, 0.2) is 0 Å². The molecule has 2 nitrogen and oxygen atoms in total. The second-order valence-corrected chi connectivity index (χ2v) is 7.12. The topological polar surface area (TPSA) is 24.4 Å². The van der Waals surface area contributed by atoms with E-state index in [4.69, 9.17) is 0 Å². The summed E-state index contributed by atoms with van der Waals surface area (Å²) in [7, 11) is 0. The number of benzene rings is 2. The maximum absolute atomic E-state index is 4.64. The van der Waals surface area contributed by atoms with E-state index >= 15 is 0 Å². The second-order valence-electron chi connectivity index (χ2n) is 7.12. The van der Waals surface area contributed by atoms with E-state index in [1.807, 2.05) is 0 Å². The zero-order valence-corrected chi connectivity index (χ0v) is 15.3. The Bertz CT molecular complexity index is 738. The SMILES string of the molecule is Cc1cc(C)cc(CC(NC2=NCCC2)c2cccc(C)c2C)c1. The van der Waals surface area contributed by atoms with Crippen molar-refractivity contribution in [3.63, 3.8) is 0 Å². The Balaban J connectivity index is 1.93. The van der Waals surface area contributed by atoms with Gasteiger partial charge >= 0.3 is 0 Å². The molecule has 1 aliphatic heterocycles.